The van der Waals surface area contributed by atoms with E-state index in [-0.39, 0.29) is 51.4 Å². The molecule has 0 bridgehead atoms. The Balaban J connectivity index is 0.000000423. The molecule has 125 heavy (non-hydrogen) atoms. The molecule has 0 saturated carbocycles. The fourth-order valence-electron chi connectivity index (χ4n) is 12.5. The molecule has 0 aliphatic carbocycles. The lowest BCUT2D eigenvalue weighted by molar-refractivity contribution is -0.358. The largest absolute Gasteiger partial charge is 0.463 e. The summed E-state index contributed by atoms with van der Waals surface area (Å²) in [6.07, 6.45) is -49.2. The average Bonchev–Trinajstić information content (AvgIpc) is 0.764. The van der Waals surface area contributed by atoms with Gasteiger partial charge in [0.2, 0.25) is 24.8 Å². The van der Waals surface area contributed by atoms with Crippen molar-refractivity contribution < 1.29 is 236 Å². The van der Waals surface area contributed by atoms with Crippen LogP contribution in [0.2, 0.25) is 0 Å². The van der Waals surface area contributed by atoms with E-state index in [0.717, 1.165) is 55.4 Å². The van der Waals surface area contributed by atoms with Gasteiger partial charge in [-0.1, -0.05) is 55.4 Å². The van der Waals surface area contributed by atoms with Gasteiger partial charge >= 0.3 is 95.5 Å². The topological polar surface area (TPSA) is 666 Å². The third-order valence-corrected chi connectivity index (χ3v) is 18.3. The molecule has 30 atom stereocenters. The van der Waals surface area contributed by atoms with Gasteiger partial charge in [0.25, 0.3) is 0 Å². The van der Waals surface area contributed by atoms with Crippen molar-refractivity contribution in [2.45, 2.75) is 346 Å². The van der Waals surface area contributed by atoms with E-state index in [9.17, 15) is 112 Å². The van der Waals surface area contributed by atoms with Gasteiger partial charge in [0.1, 0.15) is 112 Å². The summed E-state index contributed by atoms with van der Waals surface area (Å²) in [5.41, 5.74) is 0. The van der Waals surface area contributed by atoms with Crippen molar-refractivity contribution in [2.24, 2.45) is 0 Å². The minimum atomic E-state index is -1.83. The Kier molecular flexibility index (Phi) is 45.7. The van der Waals surface area contributed by atoms with Gasteiger partial charge in [0.15, 0.2) is 74.0 Å². The van der Waals surface area contributed by atoms with Crippen molar-refractivity contribution in [1.82, 2.24) is 0 Å². The van der Waals surface area contributed by atoms with Crippen molar-refractivity contribution in [3.8, 4) is 0 Å². The molecule has 6 rings (SSSR count). The highest BCUT2D eigenvalue weighted by molar-refractivity contribution is 5.74. The molecule has 0 spiro atoms. The first-order valence-electron chi connectivity index (χ1n) is 39.9. The van der Waals surface area contributed by atoms with E-state index in [1.54, 1.807) is 0 Å². The summed E-state index contributed by atoms with van der Waals surface area (Å²) >= 11 is 0. The maximum atomic E-state index is 13.0. The van der Waals surface area contributed by atoms with Crippen LogP contribution in [0.15, 0.2) is 0 Å². The van der Waals surface area contributed by atoms with Crippen LogP contribution in [0.25, 0.3) is 0 Å². The van der Waals surface area contributed by atoms with Gasteiger partial charge in [-0.3, -0.25) is 76.7 Å². The van der Waals surface area contributed by atoms with E-state index in [4.69, 9.17) is 124 Å². The molecule has 49 nitrogen and oxygen atoms in total. The Morgan fingerprint density at radius 2 is 0.480 bits per heavy atom. The molecule has 6 fully saturated rings. The van der Waals surface area contributed by atoms with Crippen LogP contribution < -0.4 is 0 Å². The summed E-state index contributed by atoms with van der Waals surface area (Å²) < 4.78 is 139. The second kappa shape index (κ2) is 52.8. The zero-order chi connectivity index (χ0) is 94.1. The van der Waals surface area contributed by atoms with Gasteiger partial charge in [-0.2, -0.15) is 0 Å². The molecule has 30 unspecified atom stereocenters. The van der Waals surface area contributed by atoms with Crippen molar-refractivity contribution in [2.75, 3.05) is 39.6 Å². The van der Waals surface area contributed by atoms with E-state index in [2.05, 4.69) is 0 Å². The van der Waals surface area contributed by atoms with E-state index in [1.807, 2.05) is 0 Å². The lowest BCUT2D eigenvalue weighted by atomic mass is 9.95. The average molecular weight is 1810 g/mol. The summed E-state index contributed by atoms with van der Waals surface area (Å²) in [6, 6.07) is 0. The number of carbonyl (C=O) groups is 16. The first-order valence-corrected chi connectivity index (χ1v) is 39.9. The van der Waals surface area contributed by atoms with Crippen LogP contribution in [0.1, 0.15) is 162 Å². The monoisotopic (exact) mass is 1810 g/mol. The van der Waals surface area contributed by atoms with E-state index < -0.39 is 319 Å². The number of carbonyl (C=O) groups excluding carboxylic acids is 16. The van der Waals surface area contributed by atoms with Crippen molar-refractivity contribution in [3.63, 3.8) is 0 Å². The number of ether oxygens (including phenoxy) is 25. The van der Waals surface area contributed by atoms with Crippen molar-refractivity contribution in [3.05, 3.63) is 0 Å². The molecule has 8 N–H and O–H groups in total. The molecule has 712 valence electrons. The smallest absolute Gasteiger partial charge is 0.307 e. The van der Waals surface area contributed by atoms with Crippen LogP contribution in [0, 0.1) is 0 Å². The van der Waals surface area contributed by atoms with Crippen LogP contribution >= 0.6 is 0 Å². The molecular weight excluding hydrogens is 1700 g/mol. The second-order valence-corrected chi connectivity index (χ2v) is 27.9. The Labute approximate surface area is 715 Å². The minimum Gasteiger partial charge on any atom is -0.463 e. The van der Waals surface area contributed by atoms with Crippen LogP contribution in [-0.4, -0.2) is 360 Å². The molecule has 6 aliphatic heterocycles. The zero-order valence-corrected chi connectivity index (χ0v) is 71.5. The molecule has 0 aromatic heterocycles. The van der Waals surface area contributed by atoms with Crippen molar-refractivity contribution in [1.29, 1.82) is 0 Å². The molecule has 6 aliphatic rings. The quantitative estimate of drug-likeness (QED) is 0.0219. The Bertz CT molecular complexity index is 3570. The van der Waals surface area contributed by atoms with E-state index >= 15 is 0 Å². The highest BCUT2D eigenvalue weighted by Crippen LogP contribution is 2.40. The number of aliphatic hydroxyl groups excluding tert-OH is 8. The van der Waals surface area contributed by atoms with Gasteiger partial charge in [-0.25, -0.2) is 0 Å². The Morgan fingerprint density at radius 1 is 0.216 bits per heavy atom. The Morgan fingerprint density at radius 3 is 0.856 bits per heavy atom. The predicted octanol–water partition coefficient (Wildman–Crippen LogP) is -3.94. The fraction of sp³-hybridized carbons (Fsp3) is 0.789. The van der Waals surface area contributed by atoms with Crippen LogP contribution in [0.5, 0.6) is 0 Å². The highest BCUT2D eigenvalue weighted by atomic mass is 16.8. The first kappa shape index (κ1) is 108. The van der Waals surface area contributed by atoms with Gasteiger partial charge in [-0.15, -0.1) is 0 Å². The van der Waals surface area contributed by atoms with Gasteiger partial charge in [0, 0.05) is 107 Å². The number of rotatable bonds is 36. The Hall–Kier alpha value is -9.16. The third kappa shape index (κ3) is 32.9. The van der Waals surface area contributed by atoms with Gasteiger partial charge in [0.05, 0.1) is 13.2 Å². The number of hydrogen-bond acceptors (Lipinski definition) is 49. The summed E-state index contributed by atoms with van der Waals surface area (Å²) in [6.45, 7) is 16.6. The fourth-order valence-corrected chi connectivity index (χ4v) is 12.5. The summed E-state index contributed by atoms with van der Waals surface area (Å²) in [7, 11) is 0. The van der Waals surface area contributed by atoms with Crippen LogP contribution in [0.3, 0.4) is 0 Å². The van der Waals surface area contributed by atoms with Gasteiger partial charge in [-0.05, 0) is 0 Å². The SMILES string of the molecule is CC(=O)OCC1OC(OC2C(COC(C)=O)OC(OC(C)=O)C(OC(C)=O)C2OC(C)=O)C(OC(C)=O)C(OC(C)=O)C1OC(C)=O.CCC(=O)OCC1OC(OC2C(COC(=O)CC)OC(OC(=O)CC)C(OC(=O)CC)C2OC(=O)CC)C(OC(=O)CC)C(OC(=O)CC)C1OC(=O)CC.OCC1OC(OC2C(CO)OC(O)C(O)C2O)C(O)C(O)C1O. The number of esters is 16. The minimum absolute atomic E-state index is 0.0409. The van der Waals surface area contributed by atoms with Crippen molar-refractivity contribution >= 4 is 95.5 Å². The standard InChI is InChI=1S/C36H54O19.C28H38O19.C12H22O11/c1-9-21(37)45-17-19-29(49-23(39)11-3)31(50-24(40)12-4)34(53-27(43)15-7)36(48-19)55-30-20(18-46-22(38)10-2)47-35(54-28(44)16-8)33(52-26(42)14-6)32(30)51-25(41)13-5;1-11(29)37-9-19-21(39-13(3)31)23(40-14(4)32)26(43-17(7)35)28(46-19)47-22-20(10-38-12(2)30)45-27(44-18(8)36)25(42-16(6)34)24(22)41-15(5)33;13-1-3-5(15)6(16)9(19)12(22-3)23-10-4(2-14)21-11(20)8(18)7(10)17/h19-20,29-36H,9-18H2,1-8H3;19-28H,9-10H2,1-8H3;3-20H,1-2H2. The van der Waals surface area contributed by atoms with E-state index in [1.165, 1.54) is 55.4 Å². The maximum absolute atomic E-state index is 13.0. The summed E-state index contributed by atoms with van der Waals surface area (Å²) in [5.74, 6) is -13.2. The lowest BCUT2D eigenvalue weighted by Crippen LogP contribution is -2.67. The lowest BCUT2D eigenvalue weighted by Gasteiger charge is -2.48. The molecular formula is C76H114O49. The highest BCUT2D eigenvalue weighted by Gasteiger charge is 2.62. The predicted molar refractivity (Wildman–Crippen MR) is 396 cm³/mol. The maximum Gasteiger partial charge on any atom is 0.307 e. The second-order valence-electron chi connectivity index (χ2n) is 27.9. The molecule has 0 aromatic carbocycles. The number of hydrogen-bond donors (Lipinski definition) is 8. The zero-order valence-electron chi connectivity index (χ0n) is 71.5. The summed E-state index contributed by atoms with van der Waals surface area (Å²) in [4.78, 5) is 198. The molecule has 6 heterocycles. The normalized spacial score (nSPS) is 32.9. The van der Waals surface area contributed by atoms with Crippen LogP contribution in [-0.2, 0) is 195 Å². The van der Waals surface area contributed by atoms with Gasteiger partial charge < -0.3 is 159 Å². The third-order valence-electron chi connectivity index (χ3n) is 18.3. The molecule has 6 saturated heterocycles. The first-order chi connectivity index (χ1) is 58.9. The summed E-state index contributed by atoms with van der Waals surface area (Å²) in [5, 5.41) is 76.5. The van der Waals surface area contributed by atoms with Crippen LogP contribution in [0.4, 0.5) is 0 Å². The van der Waals surface area contributed by atoms with E-state index in [0.29, 0.717) is 0 Å². The molecule has 49 heteroatoms. The molecule has 0 amide bonds. The molecule has 0 aromatic rings. The number of aliphatic hydroxyl groups is 8. The molecule has 0 radical (unpaired) electrons.